The van der Waals surface area contributed by atoms with Crippen molar-refractivity contribution in [2.24, 2.45) is 17.6 Å². The molecule has 0 amide bonds. The summed E-state index contributed by atoms with van der Waals surface area (Å²) in [6, 6.07) is 0. The monoisotopic (exact) mass is 267 g/mol. The second kappa shape index (κ2) is 5.89. The molecule has 0 aromatic carbocycles. The van der Waals surface area contributed by atoms with E-state index in [0.29, 0.717) is 5.92 Å². The van der Waals surface area contributed by atoms with Crippen molar-refractivity contribution >= 4 is 18.3 Å². The molecule has 1 fully saturated rings. The normalized spacial score (nSPS) is 31.1. The molecule has 0 aromatic heterocycles. The molecule has 1 rings (SSSR count). The highest BCUT2D eigenvalue weighted by atomic mass is 32.5. The van der Waals surface area contributed by atoms with Gasteiger partial charge in [0.05, 0.1) is 5.66 Å². The van der Waals surface area contributed by atoms with Gasteiger partial charge in [-0.05, 0) is 30.1 Å². The first kappa shape index (κ1) is 14.6. The molecule has 4 unspecified atom stereocenters. The van der Waals surface area contributed by atoms with Crippen LogP contribution in [0.25, 0.3) is 0 Å². The van der Waals surface area contributed by atoms with Gasteiger partial charge in [0, 0.05) is 0 Å². The molecule has 1 aliphatic rings. The van der Waals surface area contributed by atoms with Gasteiger partial charge in [-0.15, -0.1) is 0 Å². The van der Waals surface area contributed by atoms with Crippen LogP contribution < -0.4 is 5.73 Å². The molecular weight excluding hydrogens is 245 g/mol. The fourth-order valence-corrected chi connectivity index (χ4v) is 5.03. The Morgan fingerprint density at radius 2 is 1.94 bits per heavy atom. The van der Waals surface area contributed by atoms with Crippen LogP contribution in [-0.2, 0) is 11.8 Å². The number of nitrogens with two attached hydrogens (primary N) is 1. The zero-order valence-corrected chi connectivity index (χ0v) is 11.3. The van der Waals surface area contributed by atoms with E-state index in [9.17, 15) is 14.9 Å². The lowest BCUT2D eigenvalue weighted by molar-refractivity contribution is 0.106. The third-order valence-corrected chi connectivity index (χ3v) is 5.86. The standard InChI is InChI=1S/C10H22NO3PS/c1-2-7-5-3-4-6-8(7)9(10(11)12)15(13,14)16/h7-10,12H,2-6,11H2,1H3,(H2,13,14,16). The number of aliphatic hydroxyl groups is 1. The summed E-state index contributed by atoms with van der Waals surface area (Å²) < 4.78 is 0. The maximum Gasteiger partial charge on any atom is 0.190 e. The fourth-order valence-electron chi connectivity index (χ4n) is 2.89. The van der Waals surface area contributed by atoms with E-state index in [1.807, 2.05) is 0 Å². The van der Waals surface area contributed by atoms with E-state index in [1.54, 1.807) is 0 Å². The lowest BCUT2D eigenvalue weighted by Gasteiger charge is -2.39. The molecule has 1 saturated carbocycles. The number of hydrogen-bond acceptors (Lipinski definition) is 3. The molecule has 1 aliphatic carbocycles. The summed E-state index contributed by atoms with van der Waals surface area (Å²) >= 11 is 4.75. The van der Waals surface area contributed by atoms with Crippen LogP contribution in [-0.4, -0.2) is 26.8 Å². The Bertz CT molecular complexity index is 269. The number of aliphatic hydroxyl groups excluding tert-OH is 1. The summed E-state index contributed by atoms with van der Waals surface area (Å²) in [5, 5.41) is 9.53. The van der Waals surface area contributed by atoms with E-state index in [1.165, 1.54) is 6.42 Å². The van der Waals surface area contributed by atoms with Crippen molar-refractivity contribution in [1.29, 1.82) is 0 Å². The lowest BCUT2D eigenvalue weighted by atomic mass is 9.75. The third kappa shape index (κ3) is 3.49. The highest BCUT2D eigenvalue weighted by molar-refractivity contribution is 8.09. The minimum absolute atomic E-state index is 0.0552. The SMILES string of the molecule is CCC1CCCCC1C(C(N)O)P(O)(O)=S. The molecule has 0 heterocycles. The van der Waals surface area contributed by atoms with Gasteiger partial charge >= 0.3 is 0 Å². The molecule has 4 atom stereocenters. The predicted molar refractivity (Wildman–Crippen MR) is 68.4 cm³/mol. The van der Waals surface area contributed by atoms with Crippen LogP contribution in [0.15, 0.2) is 0 Å². The fraction of sp³-hybridized carbons (Fsp3) is 1.00. The van der Waals surface area contributed by atoms with Crippen molar-refractivity contribution in [3.05, 3.63) is 0 Å². The minimum atomic E-state index is -3.49. The second-order valence-corrected chi connectivity index (χ2v) is 8.07. The van der Waals surface area contributed by atoms with Gasteiger partial charge in [-0.25, -0.2) is 0 Å². The maximum absolute atomic E-state index is 9.65. The van der Waals surface area contributed by atoms with Crippen LogP contribution in [0.1, 0.15) is 39.0 Å². The smallest absolute Gasteiger partial charge is 0.190 e. The number of rotatable bonds is 4. The second-order valence-electron chi connectivity index (χ2n) is 4.69. The zero-order valence-electron chi connectivity index (χ0n) is 9.62. The Labute approximate surface area is 102 Å². The predicted octanol–water partition coefficient (Wildman–Crippen LogP) is 1.14. The Morgan fingerprint density at radius 3 is 2.38 bits per heavy atom. The molecule has 16 heavy (non-hydrogen) atoms. The molecular formula is C10H22NO3PS. The molecule has 0 aromatic rings. The molecule has 0 bridgehead atoms. The lowest BCUT2D eigenvalue weighted by Crippen LogP contribution is -2.43. The topological polar surface area (TPSA) is 86.7 Å². The Hall–Kier alpha value is 0.490. The zero-order chi connectivity index (χ0) is 12.3. The summed E-state index contributed by atoms with van der Waals surface area (Å²) in [6.45, 7) is -1.41. The van der Waals surface area contributed by atoms with Crippen LogP contribution in [0.5, 0.6) is 0 Å². The average Bonchev–Trinajstić information content (AvgIpc) is 2.15. The van der Waals surface area contributed by atoms with Crippen LogP contribution in [0, 0.1) is 11.8 Å². The largest absolute Gasteiger partial charge is 0.378 e. The first-order chi connectivity index (χ1) is 7.38. The van der Waals surface area contributed by atoms with Crippen LogP contribution in [0.2, 0.25) is 0 Å². The van der Waals surface area contributed by atoms with Crippen molar-refractivity contribution in [2.45, 2.75) is 50.9 Å². The molecule has 0 spiro atoms. The van der Waals surface area contributed by atoms with Crippen molar-refractivity contribution in [3.8, 4) is 0 Å². The molecule has 96 valence electrons. The van der Waals surface area contributed by atoms with Gasteiger partial charge in [0.15, 0.2) is 6.49 Å². The minimum Gasteiger partial charge on any atom is -0.378 e. The van der Waals surface area contributed by atoms with E-state index < -0.39 is 18.4 Å². The molecule has 0 aliphatic heterocycles. The van der Waals surface area contributed by atoms with E-state index in [2.05, 4.69) is 6.92 Å². The van der Waals surface area contributed by atoms with Gasteiger partial charge in [-0.3, -0.25) is 0 Å². The van der Waals surface area contributed by atoms with Crippen LogP contribution in [0.3, 0.4) is 0 Å². The van der Waals surface area contributed by atoms with Gasteiger partial charge < -0.3 is 20.6 Å². The van der Waals surface area contributed by atoms with Crippen molar-refractivity contribution in [2.75, 3.05) is 0 Å². The molecule has 6 heteroatoms. The van der Waals surface area contributed by atoms with Crippen molar-refractivity contribution in [1.82, 2.24) is 0 Å². The quantitative estimate of drug-likeness (QED) is 0.453. The van der Waals surface area contributed by atoms with Gasteiger partial charge in [0.25, 0.3) is 0 Å². The van der Waals surface area contributed by atoms with Crippen LogP contribution >= 0.6 is 6.49 Å². The molecule has 0 radical (unpaired) electrons. The van der Waals surface area contributed by atoms with Gasteiger partial charge in [0.2, 0.25) is 0 Å². The highest BCUT2D eigenvalue weighted by Gasteiger charge is 2.40. The molecule has 0 saturated heterocycles. The first-order valence-electron chi connectivity index (χ1n) is 5.86. The summed E-state index contributed by atoms with van der Waals surface area (Å²) in [6.07, 6.45) is 3.93. The Morgan fingerprint density at radius 1 is 1.38 bits per heavy atom. The maximum atomic E-state index is 9.65. The van der Waals surface area contributed by atoms with E-state index in [0.717, 1.165) is 25.7 Å². The first-order valence-corrected chi connectivity index (χ1v) is 8.64. The average molecular weight is 267 g/mol. The van der Waals surface area contributed by atoms with E-state index >= 15 is 0 Å². The van der Waals surface area contributed by atoms with Gasteiger partial charge in [-0.1, -0.05) is 32.6 Å². The summed E-state index contributed by atoms with van der Waals surface area (Å²) in [7, 11) is 0. The van der Waals surface area contributed by atoms with E-state index in [4.69, 9.17) is 17.5 Å². The van der Waals surface area contributed by atoms with Crippen molar-refractivity contribution in [3.63, 3.8) is 0 Å². The summed E-state index contributed by atoms with van der Waals surface area (Å²) in [5.74, 6) is 0.457. The summed E-state index contributed by atoms with van der Waals surface area (Å²) in [5.41, 5.74) is 4.74. The molecule has 4 nitrogen and oxygen atoms in total. The third-order valence-electron chi connectivity index (χ3n) is 3.67. The van der Waals surface area contributed by atoms with Crippen molar-refractivity contribution < 1.29 is 14.9 Å². The Kier molecular flexibility index (Phi) is 5.36. The highest BCUT2D eigenvalue weighted by Crippen LogP contribution is 2.51. The van der Waals surface area contributed by atoms with Gasteiger partial charge in [-0.2, -0.15) is 0 Å². The Balaban J connectivity index is 2.88. The van der Waals surface area contributed by atoms with E-state index in [-0.39, 0.29) is 5.92 Å². The number of hydrogen-bond donors (Lipinski definition) is 4. The summed E-state index contributed by atoms with van der Waals surface area (Å²) in [4.78, 5) is 19.3. The van der Waals surface area contributed by atoms with Gasteiger partial charge in [0.1, 0.15) is 6.23 Å². The van der Waals surface area contributed by atoms with Crippen LogP contribution in [0.4, 0.5) is 0 Å². The molecule has 5 N–H and O–H groups in total.